The molecule has 18 heavy (non-hydrogen) atoms. The molecule has 0 atom stereocenters. The summed E-state index contributed by atoms with van der Waals surface area (Å²) >= 11 is 0. The van der Waals surface area contributed by atoms with E-state index in [1.807, 2.05) is 6.92 Å². The average molecular weight is 248 g/mol. The van der Waals surface area contributed by atoms with Gasteiger partial charge in [0.15, 0.2) is 0 Å². The molecule has 0 bridgehead atoms. The number of hydrogen-bond donors (Lipinski definition) is 1. The fraction of sp³-hybridized carbons (Fsp3) is 0.308. The predicted octanol–water partition coefficient (Wildman–Crippen LogP) is 2.52. The lowest BCUT2D eigenvalue weighted by Crippen LogP contribution is -2.21. The zero-order valence-electron chi connectivity index (χ0n) is 10.3. The van der Waals surface area contributed by atoms with Crippen molar-refractivity contribution in [2.45, 2.75) is 19.8 Å². The molecule has 1 aromatic carbocycles. The van der Waals surface area contributed by atoms with E-state index in [0.29, 0.717) is 12.1 Å². The Morgan fingerprint density at radius 2 is 2.17 bits per heavy atom. The highest BCUT2D eigenvalue weighted by atomic mass is 16.6. The minimum absolute atomic E-state index is 0.00453. The van der Waals surface area contributed by atoms with Gasteiger partial charge >= 0.3 is 0 Å². The zero-order chi connectivity index (χ0) is 13.4. The fourth-order valence-corrected chi connectivity index (χ4v) is 1.41. The molecule has 1 aromatic rings. The Kier molecular flexibility index (Phi) is 5.57. The van der Waals surface area contributed by atoms with Gasteiger partial charge in [0, 0.05) is 18.7 Å². The van der Waals surface area contributed by atoms with Crippen LogP contribution in [0.5, 0.6) is 0 Å². The molecule has 5 nitrogen and oxygen atoms in total. The number of carbonyl (C=O) groups is 1. The van der Waals surface area contributed by atoms with Gasteiger partial charge in [-0.25, -0.2) is 0 Å². The second kappa shape index (κ2) is 7.21. The molecule has 0 saturated heterocycles. The molecule has 0 aliphatic carbocycles. The first-order valence-corrected chi connectivity index (χ1v) is 5.84. The summed E-state index contributed by atoms with van der Waals surface area (Å²) in [5.41, 5.74) is 0.420. The molecular formula is C13H16N2O3. The van der Waals surface area contributed by atoms with Crippen LogP contribution >= 0.6 is 0 Å². The molecule has 0 aliphatic heterocycles. The molecule has 0 radical (unpaired) electrons. The summed E-state index contributed by atoms with van der Waals surface area (Å²) in [5, 5.41) is 13.5. The van der Waals surface area contributed by atoms with Crippen LogP contribution < -0.4 is 5.32 Å². The van der Waals surface area contributed by atoms with E-state index in [9.17, 15) is 14.9 Å². The van der Waals surface area contributed by atoms with Gasteiger partial charge in [0.25, 0.3) is 5.69 Å². The highest BCUT2D eigenvalue weighted by molar-refractivity contribution is 5.92. The lowest BCUT2D eigenvalue weighted by Gasteiger charge is -1.99. The number of para-hydroxylation sites is 1. The van der Waals surface area contributed by atoms with E-state index in [2.05, 4.69) is 5.32 Å². The highest BCUT2D eigenvalue weighted by Gasteiger charge is 2.09. The van der Waals surface area contributed by atoms with Crippen LogP contribution in [0.15, 0.2) is 30.3 Å². The minimum atomic E-state index is -0.464. The second-order valence-electron chi connectivity index (χ2n) is 3.79. The molecule has 0 unspecified atom stereocenters. The standard InChI is InChI=1S/C13H16N2O3/c1-2-3-10-14-13(16)9-8-11-6-4-5-7-12(11)15(17)18/h4-9H,2-3,10H2,1H3,(H,14,16). The summed E-state index contributed by atoms with van der Waals surface area (Å²) in [6.45, 7) is 2.66. The number of rotatable bonds is 6. The van der Waals surface area contributed by atoms with E-state index in [-0.39, 0.29) is 11.6 Å². The molecular weight excluding hydrogens is 232 g/mol. The number of benzene rings is 1. The van der Waals surface area contributed by atoms with Crippen molar-refractivity contribution in [1.29, 1.82) is 0 Å². The van der Waals surface area contributed by atoms with Gasteiger partial charge in [-0.15, -0.1) is 0 Å². The molecule has 1 N–H and O–H groups in total. The summed E-state index contributed by atoms with van der Waals surface area (Å²) in [5.74, 6) is -0.235. The van der Waals surface area contributed by atoms with Crippen molar-refractivity contribution >= 4 is 17.7 Å². The Labute approximate surface area is 106 Å². The van der Waals surface area contributed by atoms with Gasteiger partial charge in [0.2, 0.25) is 5.91 Å². The first-order chi connectivity index (χ1) is 8.65. The van der Waals surface area contributed by atoms with Crippen molar-refractivity contribution in [2.24, 2.45) is 0 Å². The number of unbranched alkanes of at least 4 members (excludes halogenated alkanes) is 1. The predicted molar refractivity (Wildman–Crippen MR) is 70.0 cm³/mol. The van der Waals surface area contributed by atoms with Gasteiger partial charge in [-0.1, -0.05) is 25.5 Å². The maximum atomic E-state index is 11.4. The summed E-state index contributed by atoms with van der Waals surface area (Å²) in [6.07, 6.45) is 4.70. The third-order valence-electron chi connectivity index (χ3n) is 2.38. The van der Waals surface area contributed by atoms with Crippen LogP contribution in [0.4, 0.5) is 5.69 Å². The maximum absolute atomic E-state index is 11.4. The van der Waals surface area contributed by atoms with Crippen LogP contribution in [-0.4, -0.2) is 17.4 Å². The van der Waals surface area contributed by atoms with Crippen LogP contribution in [0, 0.1) is 10.1 Å². The number of nitro benzene ring substituents is 1. The number of carbonyl (C=O) groups excluding carboxylic acids is 1. The summed E-state index contributed by atoms with van der Waals surface area (Å²) < 4.78 is 0. The topological polar surface area (TPSA) is 72.2 Å². The number of hydrogen-bond acceptors (Lipinski definition) is 3. The van der Waals surface area contributed by atoms with Crippen molar-refractivity contribution in [3.8, 4) is 0 Å². The van der Waals surface area contributed by atoms with E-state index in [1.54, 1.807) is 18.2 Å². The third-order valence-corrected chi connectivity index (χ3v) is 2.38. The molecule has 1 rings (SSSR count). The van der Waals surface area contributed by atoms with Crippen molar-refractivity contribution < 1.29 is 9.72 Å². The maximum Gasteiger partial charge on any atom is 0.276 e. The molecule has 96 valence electrons. The Morgan fingerprint density at radius 1 is 1.44 bits per heavy atom. The molecule has 5 heteroatoms. The average Bonchev–Trinajstić information content (AvgIpc) is 2.37. The van der Waals surface area contributed by atoms with Crippen LogP contribution in [-0.2, 0) is 4.79 Å². The van der Waals surface area contributed by atoms with Crippen molar-refractivity contribution in [2.75, 3.05) is 6.54 Å². The minimum Gasteiger partial charge on any atom is -0.353 e. The Bertz CT molecular complexity index is 455. The van der Waals surface area contributed by atoms with E-state index >= 15 is 0 Å². The summed E-state index contributed by atoms with van der Waals surface area (Å²) in [6, 6.07) is 6.31. The quantitative estimate of drug-likeness (QED) is 0.364. The Hall–Kier alpha value is -2.17. The van der Waals surface area contributed by atoms with Crippen molar-refractivity contribution in [3.63, 3.8) is 0 Å². The van der Waals surface area contributed by atoms with Gasteiger partial charge in [-0.05, 0) is 18.6 Å². The van der Waals surface area contributed by atoms with E-state index < -0.39 is 4.92 Å². The number of nitro groups is 1. The summed E-state index contributed by atoms with van der Waals surface area (Å²) in [7, 11) is 0. The van der Waals surface area contributed by atoms with Crippen molar-refractivity contribution in [1.82, 2.24) is 5.32 Å². The highest BCUT2D eigenvalue weighted by Crippen LogP contribution is 2.18. The SMILES string of the molecule is CCCCNC(=O)C=Cc1ccccc1[N+](=O)[O-]. The van der Waals surface area contributed by atoms with E-state index in [1.165, 1.54) is 18.2 Å². The van der Waals surface area contributed by atoms with E-state index in [4.69, 9.17) is 0 Å². The van der Waals surface area contributed by atoms with Crippen molar-refractivity contribution in [3.05, 3.63) is 46.0 Å². The summed E-state index contributed by atoms with van der Waals surface area (Å²) in [4.78, 5) is 21.7. The Balaban J connectivity index is 2.66. The van der Waals surface area contributed by atoms with Crippen LogP contribution in [0.2, 0.25) is 0 Å². The smallest absolute Gasteiger partial charge is 0.276 e. The Morgan fingerprint density at radius 3 is 2.83 bits per heavy atom. The monoisotopic (exact) mass is 248 g/mol. The van der Waals surface area contributed by atoms with Gasteiger partial charge in [0.05, 0.1) is 10.5 Å². The lowest BCUT2D eigenvalue weighted by molar-refractivity contribution is -0.385. The third kappa shape index (κ3) is 4.37. The first kappa shape index (κ1) is 13.9. The van der Waals surface area contributed by atoms with Gasteiger partial charge in [-0.2, -0.15) is 0 Å². The van der Waals surface area contributed by atoms with E-state index in [0.717, 1.165) is 12.8 Å². The fourth-order valence-electron chi connectivity index (χ4n) is 1.41. The number of amides is 1. The molecule has 0 aliphatic rings. The van der Waals surface area contributed by atoms with Gasteiger partial charge in [-0.3, -0.25) is 14.9 Å². The lowest BCUT2D eigenvalue weighted by atomic mass is 10.1. The molecule has 0 aromatic heterocycles. The normalized spacial score (nSPS) is 10.5. The van der Waals surface area contributed by atoms with Gasteiger partial charge < -0.3 is 5.32 Å². The molecule has 0 spiro atoms. The molecule has 0 saturated carbocycles. The largest absolute Gasteiger partial charge is 0.353 e. The molecule has 0 heterocycles. The molecule has 1 amide bonds. The second-order valence-corrected chi connectivity index (χ2v) is 3.79. The number of nitrogens with one attached hydrogen (secondary N) is 1. The first-order valence-electron chi connectivity index (χ1n) is 5.84. The van der Waals surface area contributed by atoms with Crippen LogP contribution in [0.25, 0.3) is 6.08 Å². The number of nitrogens with zero attached hydrogens (tertiary/aromatic N) is 1. The van der Waals surface area contributed by atoms with Crippen LogP contribution in [0.1, 0.15) is 25.3 Å². The van der Waals surface area contributed by atoms with Gasteiger partial charge in [0.1, 0.15) is 0 Å². The zero-order valence-corrected chi connectivity index (χ0v) is 10.3. The molecule has 0 fully saturated rings. The van der Waals surface area contributed by atoms with Crippen LogP contribution in [0.3, 0.4) is 0 Å².